The smallest absolute Gasteiger partial charge is 0.329 e. The van der Waals surface area contributed by atoms with Crippen molar-refractivity contribution in [2.24, 2.45) is 0 Å². The van der Waals surface area contributed by atoms with Crippen molar-refractivity contribution in [3.8, 4) is 0 Å². The molecule has 0 aliphatic carbocycles. The Hall–Kier alpha value is -3.05. The predicted molar refractivity (Wildman–Crippen MR) is 126 cm³/mol. The molecule has 2 aromatic rings. The molecule has 2 heterocycles. The summed E-state index contributed by atoms with van der Waals surface area (Å²) in [7, 11) is 0. The van der Waals surface area contributed by atoms with Gasteiger partial charge >= 0.3 is 6.03 Å². The van der Waals surface area contributed by atoms with Gasteiger partial charge in [0.2, 0.25) is 0 Å². The van der Waals surface area contributed by atoms with E-state index in [0.29, 0.717) is 5.02 Å². The first-order chi connectivity index (χ1) is 14.7. The number of imide groups is 1. The van der Waals surface area contributed by atoms with Gasteiger partial charge in [0.15, 0.2) is 0 Å². The number of carbonyl (C=O) groups is 2. The molecule has 0 spiro atoms. The Morgan fingerprint density at radius 2 is 1.81 bits per heavy atom. The topological polar surface area (TPSA) is 52.7 Å². The first-order valence-corrected chi connectivity index (χ1v) is 10.8. The third kappa shape index (κ3) is 3.98. The molecule has 0 radical (unpaired) electrons. The minimum atomic E-state index is -0.417. The molecule has 2 aliphatic rings. The molecule has 4 rings (SSSR count). The van der Waals surface area contributed by atoms with E-state index in [2.05, 4.69) is 56.1 Å². The van der Waals surface area contributed by atoms with Gasteiger partial charge in [0.05, 0.1) is 12.1 Å². The Balaban J connectivity index is 1.61. The number of fused-ring (bicyclic) bond motifs is 1. The third-order valence-electron chi connectivity index (χ3n) is 5.85. The van der Waals surface area contributed by atoms with E-state index >= 15 is 0 Å². The van der Waals surface area contributed by atoms with Crippen LogP contribution in [0.25, 0.3) is 11.6 Å². The van der Waals surface area contributed by atoms with Crippen LogP contribution >= 0.6 is 11.6 Å². The van der Waals surface area contributed by atoms with Gasteiger partial charge in [-0.2, -0.15) is 0 Å². The number of nitrogens with one attached hydrogen (secondary N) is 1. The minimum Gasteiger partial charge on any atom is -0.363 e. The highest BCUT2D eigenvalue weighted by Crippen LogP contribution is 2.39. The maximum Gasteiger partial charge on any atom is 0.329 e. The molecule has 160 valence electrons. The zero-order valence-corrected chi connectivity index (χ0v) is 19.0. The Kier molecular flexibility index (Phi) is 5.40. The summed E-state index contributed by atoms with van der Waals surface area (Å²) in [6.45, 7) is 9.78. The Labute approximate surface area is 188 Å². The molecule has 0 atom stereocenters. The largest absolute Gasteiger partial charge is 0.363 e. The van der Waals surface area contributed by atoms with Gasteiger partial charge in [-0.05, 0) is 74.7 Å². The maximum atomic E-state index is 12.9. The van der Waals surface area contributed by atoms with Gasteiger partial charge in [0, 0.05) is 22.8 Å². The van der Waals surface area contributed by atoms with Crippen LogP contribution < -0.4 is 10.2 Å². The molecule has 3 amide bonds. The number of nitrogens with zero attached hydrogens (tertiary/aromatic N) is 2. The summed E-state index contributed by atoms with van der Waals surface area (Å²) in [5.74, 6) is -0.332. The van der Waals surface area contributed by atoms with Crippen LogP contribution in [-0.4, -0.2) is 28.9 Å². The van der Waals surface area contributed by atoms with Crippen LogP contribution in [0.5, 0.6) is 0 Å². The summed E-state index contributed by atoms with van der Waals surface area (Å²) in [5, 5.41) is 3.32. The van der Waals surface area contributed by atoms with Gasteiger partial charge in [0.25, 0.3) is 5.91 Å². The molecule has 2 aromatic carbocycles. The maximum absolute atomic E-state index is 12.9. The molecule has 0 bridgehead atoms. The lowest BCUT2D eigenvalue weighted by atomic mass is 9.88. The molecule has 1 N–H and O–H groups in total. The average molecular weight is 436 g/mol. The summed E-state index contributed by atoms with van der Waals surface area (Å²) in [4.78, 5) is 28.8. The summed E-state index contributed by atoms with van der Waals surface area (Å²) < 4.78 is 0. The summed E-state index contributed by atoms with van der Waals surface area (Å²) in [6, 6.07) is 12.9. The fourth-order valence-corrected chi connectivity index (χ4v) is 4.55. The fourth-order valence-electron chi connectivity index (χ4n) is 4.42. The lowest BCUT2D eigenvalue weighted by Gasteiger charge is -2.42. The van der Waals surface area contributed by atoms with E-state index in [4.69, 9.17) is 11.6 Å². The van der Waals surface area contributed by atoms with E-state index in [9.17, 15) is 9.59 Å². The monoisotopic (exact) mass is 435 g/mol. The summed E-state index contributed by atoms with van der Waals surface area (Å²) in [5.41, 5.74) is 5.47. The van der Waals surface area contributed by atoms with Crippen molar-refractivity contribution in [3.63, 3.8) is 0 Å². The lowest BCUT2D eigenvalue weighted by Crippen LogP contribution is -2.44. The van der Waals surface area contributed by atoms with Crippen LogP contribution in [0.3, 0.4) is 0 Å². The summed E-state index contributed by atoms with van der Waals surface area (Å²) >= 11 is 5.92. The summed E-state index contributed by atoms with van der Waals surface area (Å²) in [6.07, 6.45) is 4.01. The molecule has 2 aliphatic heterocycles. The van der Waals surface area contributed by atoms with E-state index in [1.54, 1.807) is 18.2 Å². The van der Waals surface area contributed by atoms with Crippen LogP contribution in [0.15, 0.2) is 54.2 Å². The molecule has 0 saturated carbocycles. The number of hydrogen-bond donors (Lipinski definition) is 1. The number of hydrogen-bond acceptors (Lipinski definition) is 3. The Morgan fingerprint density at radius 1 is 1.10 bits per heavy atom. The third-order valence-corrected chi connectivity index (χ3v) is 6.10. The second kappa shape index (κ2) is 7.89. The number of halogens is 1. The molecular weight excluding hydrogens is 410 g/mol. The van der Waals surface area contributed by atoms with Gasteiger partial charge in [-0.3, -0.25) is 9.69 Å². The van der Waals surface area contributed by atoms with Crippen molar-refractivity contribution in [3.05, 3.63) is 76.0 Å². The van der Waals surface area contributed by atoms with E-state index in [1.165, 1.54) is 16.2 Å². The molecule has 6 heteroatoms. The number of urea groups is 1. The van der Waals surface area contributed by atoms with Crippen LogP contribution in [0.4, 0.5) is 10.5 Å². The highest BCUT2D eigenvalue weighted by molar-refractivity contribution is 6.30. The first kappa shape index (κ1) is 21.2. The molecule has 1 fully saturated rings. The van der Waals surface area contributed by atoms with Gasteiger partial charge in [0.1, 0.15) is 5.70 Å². The number of amides is 3. The van der Waals surface area contributed by atoms with Crippen molar-refractivity contribution in [1.29, 1.82) is 0 Å². The number of anilines is 1. The van der Waals surface area contributed by atoms with Gasteiger partial charge in [-0.15, -0.1) is 0 Å². The van der Waals surface area contributed by atoms with E-state index in [-0.39, 0.29) is 23.7 Å². The van der Waals surface area contributed by atoms with E-state index < -0.39 is 6.03 Å². The zero-order chi connectivity index (χ0) is 22.3. The zero-order valence-electron chi connectivity index (χ0n) is 18.2. The molecule has 1 saturated heterocycles. The standard InChI is InChI=1S/C25H26ClN3O2/c1-5-29-22-11-8-18(12-20(22)16(2)14-25(29,3)4)13-21-23(30)28(24(31)27-21)15-17-6-9-19(26)10-7-17/h6-14H,5,15H2,1-4H3,(H,27,31)/b21-13-. The number of likely N-dealkylation sites (N-methyl/N-ethyl adjacent to an activating group) is 1. The second-order valence-corrected chi connectivity index (χ2v) is 8.94. The van der Waals surface area contributed by atoms with Crippen molar-refractivity contribution in [2.75, 3.05) is 11.4 Å². The SMILES string of the molecule is CCN1c2ccc(/C=C3\NC(=O)N(Cc4ccc(Cl)cc4)C3=O)cc2C(C)=CC1(C)C. The average Bonchev–Trinajstić information content (AvgIpc) is 2.97. The van der Waals surface area contributed by atoms with Crippen LogP contribution in [0, 0.1) is 0 Å². The van der Waals surface area contributed by atoms with Crippen molar-refractivity contribution in [2.45, 2.75) is 39.8 Å². The predicted octanol–water partition coefficient (Wildman–Crippen LogP) is 5.45. The Bertz CT molecular complexity index is 1120. The minimum absolute atomic E-state index is 0.0522. The number of rotatable bonds is 4. The number of benzene rings is 2. The lowest BCUT2D eigenvalue weighted by molar-refractivity contribution is -0.123. The second-order valence-electron chi connectivity index (χ2n) is 8.51. The molecule has 0 unspecified atom stereocenters. The molecule has 31 heavy (non-hydrogen) atoms. The number of carbonyl (C=O) groups excluding carboxylic acids is 2. The van der Waals surface area contributed by atoms with Gasteiger partial charge in [-0.1, -0.05) is 35.9 Å². The molecule has 5 nitrogen and oxygen atoms in total. The molecular formula is C25H26ClN3O2. The van der Waals surface area contributed by atoms with Crippen LogP contribution in [0.1, 0.15) is 44.4 Å². The highest BCUT2D eigenvalue weighted by Gasteiger charge is 2.34. The van der Waals surface area contributed by atoms with E-state index in [0.717, 1.165) is 23.2 Å². The van der Waals surface area contributed by atoms with Crippen molar-refractivity contribution >= 4 is 40.9 Å². The van der Waals surface area contributed by atoms with Crippen molar-refractivity contribution < 1.29 is 9.59 Å². The van der Waals surface area contributed by atoms with Crippen molar-refractivity contribution in [1.82, 2.24) is 10.2 Å². The normalized spacial score (nSPS) is 18.9. The van der Waals surface area contributed by atoms with E-state index in [1.807, 2.05) is 18.2 Å². The first-order valence-electron chi connectivity index (χ1n) is 10.4. The van der Waals surface area contributed by atoms with Crippen LogP contribution in [0.2, 0.25) is 5.02 Å². The highest BCUT2D eigenvalue weighted by atomic mass is 35.5. The van der Waals surface area contributed by atoms with Gasteiger partial charge < -0.3 is 10.2 Å². The van der Waals surface area contributed by atoms with Gasteiger partial charge in [-0.25, -0.2) is 4.79 Å². The number of allylic oxidation sites excluding steroid dienone is 1. The Morgan fingerprint density at radius 3 is 2.48 bits per heavy atom. The van der Waals surface area contributed by atoms with Crippen LogP contribution in [-0.2, 0) is 11.3 Å². The molecule has 0 aromatic heterocycles. The fraction of sp³-hybridized carbons (Fsp3) is 0.280. The quantitative estimate of drug-likeness (QED) is 0.512.